The van der Waals surface area contributed by atoms with Crippen molar-refractivity contribution in [3.63, 3.8) is 0 Å². The van der Waals surface area contributed by atoms with Gasteiger partial charge in [-0.15, -0.1) is 12.4 Å². The predicted octanol–water partition coefficient (Wildman–Crippen LogP) is 3.94. The molecule has 38 heavy (non-hydrogen) atoms. The number of benzene rings is 2. The summed E-state index contributed by atoms with van der Waals surface area (Å²) in [6.07, 6.45) is 0.00799. The van der Waals surface area contributed by atoms with Gasteiger partial charge in [-0.05, 0) is 48.4 Å². The Morgan fingerprint density at radius 1 is 1.11 bits per heavy atom. The number of rotatable bonds is 8. The van der Waals surface area contributed by atoms with Crippen LogP contribution in [0.5, 0.6) is 11.5 Å². The van der Waals surface area contributed by atoms with Gasteiger partial charge in [0.2, 0.25) is 0 Å². The summed E-state index contributed by atoms with van der Waals surface area (Å²) in [6.45, 7) is 6.75. The highest BCUT2D eigenvalue weighted by Gasteiger charge is 2.31. The standard InChI is InChI=1S/C27H32N4O6.ClH/c1-16(2)19-14-20(23(34)15-22(19)33)26-25(24(29-37-26)21(32)8-9-28)30(3)27(35)17-4-6-18(7-5-17)31-10-12-36-13-11-31;/h4-7,14-16,33-34H,8-13,28H2,1-3H3;1H. The fourth-order valence-corrected chi connectivity index (χ4v) is 4.38. The van der Waals surface area contributed by atoms with E-state index in [1.807, 2.05) is 26.0 Å². The summed E-state index contributed by atoms with van der Waals surface area (Å²) in [5, 5.41) is 24.9. The first-order valence-corrected chi connectivity index (χ1v) is 12.2. The largest absolute Gasteiger partial charge is 0.508 e. The van der Waals surface area contributed by atoms with E-state index in [-0.39, 0.29) is 71.4 Å². The fraction of sp³-hybridized carbons (Fsp3) is 0.370. The first kappa shape index (κ1) is 29.0. The number of ketones is 1. The third kappa shape index (κ3) is 5.77. The Hall–Kier alpha value is -3.60. The quantitative estimate of drug-likeness (QED) is 0.359. The van der Waals surface area contributed by atoms with Gasteiger partial charge in [0.25, 0.3) is 5.91 Å². The molecule has 204 valence electrons. The molecule has 4 N–H and O–H groups in total. The lowest BCUT2D eigenvalue weighted by molar-refractivity contribution is 0.0977. The molecule has 0 unspecified atom stereocenters. The highest BCUT2D eigenvalue weighted by Crippen LogP contribution is 2.43. The molecule has 0 atom stereocenters. The Balaban J connectivity index is 0.00000400. The number of aromatic nitrogens is 1. The van der Waals surface area contributed by atoms with Crippen molar-refractivity contribution in [2.45, 2.75) is 26.2 Å². The maximum absolute atomic E-state index is 13.5. The van der Waals surface area contributed by atoms with Crippen LogP contribution in [0.25, 0.3) is 11.3 Å². The Bertz CT molecular complexity index is 1290. The minimum atomic E-state index is -0.392. The Labute approximate surface area is 227 Å². The highest BCUT2D eigenvalue weighted by molar-refractivity contribution is 6.12. The molecule has 0 bridgehead atoms. The molecule has 2 heterocycles. The summed E-state index contributed by atoms with van der Waals surface area (Å²) in [7, 11) is 1.52. The van der Waals surface area contributed by atoms with Crippen LogP contribution >= 0.6 is 12.4 Å². The number of amides is 1. The molecule has 1 amide bonds. The number of aromatic hydroxyl groups is 2. The molecule has 0 saturated carbocycles. The Morgan fingerprint density at radius 2 is 1.76 bits per heavy atom. The molecule has 2 aromatic carbocycles. The topological polar surface area (TPSA) is 142 Å². The van der Waals surface area contributed by atoms with Gasteiger partial charge in [-0.2, -0.15) is 0 Å². The van der Waals surface area contributed by atoms with E-state index in [1.54, 1.807) is 18.2 Å². The lowest BCUT2D eigenvalue weighted by Crippen LogP contribution is -2.36. The summed E-state index contributed by atoms with van der Waals surface area (Å²) in [4.78, 5) is 29.9. The van der Waals surface area contributed by atoms with Crippen LogP contribution in [-0.4, -0.2) is 67.0 Å². The zero-order valence-electron chi connectivity index (χ0n) is 21.6. The summed E-state index contributed by atoms with van der Waals surface area (Å²) in [5.41, 5.74) is 7.82. The Kier molecular flexibility index (Phi) is 9.37. The van der Waals surface area contributed by atoms with Gasteiger partial charge in [-0.3, -0.25) is 9.59 Å². The summed E-state index contributed by atoms with van der Waals surface area (Å²) < 4.78 is 10.9. The minimum Gasteiger partial charge on any atom is -0.508 e. The number of Topliss-reactive ketones (excluding diaryl/α,β-unsaturated/α-hetero) is 1. The minimum absolute atomic E-state index is 0. The predicted molar refractivity (Wildman–Crippen MR) is 147 cm³/mol. The van der Waals surface area contributed by atoms with Crippen LogP contribution in [0.4, 0.5) is 11.4 Å². The molecule has 1 aliphatic rings. The van der Waals surface area contributed by atoms with E-state index in [1.165, 1.54) is 18.0 Å². The molecule has 1 saturated heterocycles. The van der Waals surface area contributed by atoms with Crippen molar-refractivity contribution in [2.24, 2.45) is 5.73 Å². The second kappa shape index (κ2) is 12.3. The molecule has 4 rings (SSSR count). The number of carbonyl (C=O) groups is 2. The number of phenolic OH excluding ortho intramolecular Hbond substituents is 2. The monoisotopic (exact) mass is 544 g/mol. The van der Waals surface area contributed by atoms with Gasteiger partial charge < -0.3 is 35.0 Å². The number of hydrogen-bond donors (Lipinski definition) is 3. The molecule has 11 heteroatoms. The van der Waals surface area contributed by atoms with Crippen LogP contribution < -0.4 is 15.5 Å². The van der Waals surface area contributed by atoms with E-state index >= 15 is 0 Å². The van der Waals surface area contributed by atoms with E-state index in [0.717, 1.165) is 18.8 Å². The molecule has 3 aromatic rings. The van der Waals surface area contributed by atoms with E-state index in [4.69, 9.17) is 15.0 Å². The van der Waals surface area contributed by atoms with Gasteiger partial charge >= 0.3 is 0 Å². The highest BCUT2D eigenvalue weighted by atomic mass is 35.5. The van der Waals surface area contributed by atoms with Crippen LogP contribution in [-0.2, 0) is 4.74 Å². The molecule has 1 aliphatic heterocycles. The number of halogens is 1. The summed E-state index contributed by atoms with van der Waals surface area (Å²) in [5.74, 6) is -1.14. The van der Waals surface area contributed by atoms with Crippen molar-refractivity contribution in [3.05, 3.63) is 53.2 Å². The lowest BCUT2D eigenvalue weighted by atomic mass is 9.97. The second-order valence-electron chi connectivity index (χ2n) is 9.26. The number of nitrogens with zero attached hydrogens (tertiary/aromatic N) is 3. The first-order valence-electron chi connectivity index (χ1n) is 12.2. The van der Waals surface area contributed by atoms with Gasteiger partial charge in [-0.1, -0.05) is 19.0 Å². The third-order valence-electron chi connectivity index (χ3n) is 6.45. The molecule has 0 spiro atoms. The molecular formula is C27H33ClN4O6. The lowest BCUT2D eigenvalue weighted by Gasteiger charge is -2.29. The second-order valence-corrected chi connectivity index (χ2v) is 9.26. The number of hydrogen-bond acceptors (Lipinski definition) is 9. The summed E-state index contributed by atoms with van der Waals surface area (Å²) in [6, 6.07) is 10.0. The van der Waals surface area contributed by atoms with Crippen LogP contribution in [0.1, 0.15) is 52.6 Å². The van der Waals surface area contributed by atoms with E-state index < -0.39 is 5.78 Å². The normalized spacial score (nSPS) is 13.3. The van der Waals surface area contributed by atoms with E-state index in [0.29, 0.717) is 24.3 Å². The summed E-state index contributed by atoms with van der Waals surface area (Å²) >= 11 is 0. The molecule has 1 aromatic heterocycles. The van der Waals surface area contributed by atoms with Crippen molar-refractivity contribution in [1.82, 2.24) is 5.16 Å². The third-order valence-corrected chi connectivity index (χ3v) is 6.45. The SMILES string of the molecule is CC(C)c1cc(-c2onc(C(=O)CCN)c2N(C)C(=O)c2ccc(N3CCOCC3)cc2)c(O)cc1O.Cl. The first-order chi connectivity index (χ1) is 17.7. The van der Waals surface area contributed by atoms with Gasteiger partial charge in [-0.25, -0.2) is 0 Å². The average molecular weight is 545 g/mol. The maximum Gasteiger partial charge on any atom is 0.258 e. The zero-order chi connectivity index (χ0) is 26.7. The van der Waals surface area contributed by atoms with Crippen LogP contribution in [0.3, 0.4) is 0 Å². The smallest absolute Gasteiger partial charge is 0.258 e. The molecule has 0 radical (unpaired) electrons. The number of phenols is 2. The average Bonchev–Trinajstić information content (AvgIpc) is 3.33. The zero-order valence-corrected chi connectivity index (χ0v) is 22.5. The number of nitrogens with two attached hydrogens (primary N) is 1. The van der Waals surface area contributed by atoms with Crippen molar-refractivity contribution >= 4 is 35.5 Å². The maximum atomic E-state index is 13.5. The van der Waals surface area contributed by atoms with E-state index in [2.05, 4.69) is 10.1 Å². The molecule has 0 aliphatic carbocycles. The molecule has 1 fully saturated rings. The molecule has 10 nitrogen and oxygen atoms in total. The molecular weight excluding hydrogens is 512 g/mol. The number of anilines is 2. The van der Waals surface area contributed by atoms with Crippen LogP contribution in [0.15, 0.2) is 40.9 Å². The van der Waals surface area contributed by atoms with Crippen molar-refractivity contribution in [1.29, 1.82) is 0 Å². The Morgan fingerprint density at radius 3 is 2.37 bits per heavy atom. The number of carbonyl (C=O) groups excluding carboxylic acids is 2. The van der Waals surface area contributed by atoms with Gasteiger partial charge in [0.1, 0.15) is 17.2 Å². The number of ether oxygens (including phenoxy) is 1. The van der Waals surface area contributed by atoms with Gasteiger partial charge in [0.15, 0.2) is 17.2 Å². The number of morpholine rings is 1. The van der Waals surface area contributed by atoms with Crippen molar-refractivity contribution < 1.29 is 29.1 Å². The van der Waals surface area contributed by atoms with Gasteiger partial charge in [0, 0.05) is 43.9 Å². The van der Waals surface area contributed by atoms with Crippen LogP contribution in [0.2, 0.25) is 0 Å². The fourth-order valence-electron chi connectivity index (χ4n) is 4.38. The van der Waals surface area contributed by atoms with E-state index in [9.17, 15) is 19.8 Å². The van der Waals surface area contributed by atoms with Crippen molar-refractivity contribution in [2.75, 3.05) is 49.7 Å². The van der Waals surface area contributed by atoms with Crippen LogP contribution in [0, 0.1) is 0 Å². The van der Waals surface area contributed by atoms with Gasteiger partial charge in [0.05, 0.1) is 18.8 Å². The van der Waals surface area contributed by atoms with Crippen molar-refractivity contribution in [3.8, 4) is 22.8 Å².